The minimum Gasteiger partial charge on any atom is -0.298 e. The van der Waals surface area contributed by atoms with Gasteiger partial charge in [0.2, 0.25) is 0 Å². The van der Waals surface area contributed by atoms with Crippen molar-refractivity contribution in [1.82, 2.24) is 4.98 Å². The first-order valence-electron chi connectivity index (χ1n) is 10.8. The topological polar surface area (TPSA) is 82.5 Å². The standard InChI is InChI=1S/C27H21N3O3S2/c1-18-13-15-20(16-14-18)30(35(32)33)25-12-5-4-10-23(25)26(31)29-27-28-24(17-34-27)22-11-6-8-19-7-2-3-9-21(19)22/h2-17H,1H3,(H,32,33)(H,28,29,31). The van der Waals surface area contributed by atoms with Gasteiger partial charge in [-0.2, -0.15) is 0 Å². The number of nitrogens with zero attached hydrogens (tertiary/aromatic N) is 2. The van der Waals surface area contributed by atoms with Crippen LogP contribution in [-0.2, 0) is 11.3 Å². The van der Waals surface area contributed by atoms with Gasteiger partial charge in [-0.25, -0.2) is 13.5 Å². The number of hydrogen-bond donors (Lipinski definition) is 2. The van der Waals surface area contributed by atoms with Gasteiger partial charge >= 0.3 is 0 Å². The number of carbonyl (C=O) groups is 1. The van der Waals surface area contributed by atoms with E-state index in [1.165, 1.54) is 15.6 Å². The lowest BCUT2D eigenvalue weighted by Crippen LogP contribution is -2.23. The summed E-state index contributed by atoms with van der Waals surface area (Å²) in [6, 6.07) is 28.0. The third-order valence-corrected chi connectivity index (χ3v) is 7.06. The van der Waals surface area contributed by atoms with Crippen LogP contribution in [0.15, 0.2) is 96.4 Å². The average molecular weight is 500 g/mol. The van der Waals surface area contributed by atoms with E-state index < -0.39 is 17.2 Å². The van der Waals surface area contributed by atoms with E-state index in [1.807, 2.05) is 54.8 Å². The van der Waals surface area contributed by atoms with E-state index in [9.17, 15) is 13.6 Å². The number of para-hydroxylation sites is 1. The van der Waals surface area contributed by atoms with Crippen molar-refractivity contribution >= 4 is 55.8 Å². The van der Waals surface area contributed by atoms with E-state index in [0.717, 1.165) is 27.6 Å². The summed E-state index contributed by atoms with van der Waals surface area (Å²) in [7, 11) is 0. The molecule has 0 aliphatic carbocycles. The van der Waals surface area contributed by atoms with E-state index in [4.69, 9.17) is 0 Å². The first-order valence-corrected chi connectivity index (χ1v) is 12.8. The third-order valence-electron chi connectivity index (χ3n) is 5.58. The Morgan fingerprint density at radius 2 is 1.66 bits per heavy atom. The van der Waals surface area contributed by atoms with Crippen molar-refractivity contribution in [2.75, 3.05) is 9.62 Å². The van der Waals surface area contributed by atoms with Gasteiger partial charge in [0.1, 0.15) is 0 Å². The second-order valence-corrected chi connectivity index (χ2v) is 9.58. The van der Waals surface area contributed by atoms with Crippen molar-refractivity contribution in [2.45, 2.75) is 6.92 Å². The monoisotopic (exact) mass is 499 g/mol. The molecule has 1 amide bonds. The second-order valence-electron chi connectivity index (χ2n) is 7.90. The Bertz CT molecular complexity index is 1540. The Labute approximate surface area is 209 Å². The number of fused-ring (bicyclic) bond motifs is 1. The highest BCUT2D eigenvalue weighted by Gasteiger charge is 2.22. The van der Waals surface area contributed by atoms with Gasteiger partial charge in [-0.05, 0) is 42.0 Å². The third kappa shape index (κ3) is 4.72. The molecule has 0 aliphatic heterocycles. The summed E-state index contributed by atoms with van der Waals surface area (Å²) in [6.07, 6.45) is 0. The lowest BCUT2D eigenvalue weighted by molar-refractivity contribution is 0.102. The van der Waals surface area contributed by atoms with Crippen molar-refractivity contribution in [3.63, 3.8) is 0 Å². The highest BCUT2D eigenvalue weighted by Crippen LogP contribution is 2.33. The fourth-order valence-corrected chi connectivity index (χ4v) is 5.24. The average Bonchev–Trinajstić information content (AvgIpc) is 3.33. The normalized spacial score (nSPS) is 11.8. The molecule has 8 heteroatoms. The summed E-state index contributed by atoms with van der Waals surface area (Å²) in [4.78, 5) is 17.9. The van der Waals surface area contributed by atoms with Gasteiger partial charge in [0.15, 0.2) is 5.13 Å². The number of rotatable bonds is 6. The van der Waals surface area contributed by atoms with Crippen LogP contribution in [0.1, 0.15) is 15.9 Å². The van der Waals surface area contributed by atoms with Crippen LogP contribution >= 0.6 is 11.3 Å². The lowest BCUT2D eigenvalue weighted by Gasteiger charge is -2.22. The molecule has 6 nitrogen and oxygen atoms in total. The quantitative estimate of drug-likeness (QED) is 0.252. The number of aromatic nitrogens is 1. The zero-order valence-electron chi connectivity index (χ0n) is 18.7. The number of benzene rings is 4. The Morgan fingerprint density at radius 3 is 2.46 bits per heavy atom. The van der Waals surface area contributed by atoms with Crippen molar-refractivity contribution in [2.24, 2.45) is 0 Å². The van der Waals surface area contributed by atoms with Crippen LogP contribution < -0.4 is 9.62 Å². The summed E-state index contributed by atoms with van der Waals surface area (Å²) >= 11 is -1.05. The van der Waals surface area contributed by atoms with Crippen LogP contribution in [0.4, 0.5) is 16.5 Å². The van der Waals surface area contributed by atoms with Gasteiger partial charge in [0, 0.05) is 10.9 Å². The molecule has 4 aromatic carbocycles. The van der Waals surface area contributed by atoms with E-state index in [0.29, 0.717) is 16.5 Å². The molecular formula is C27H21N3O3S2. The molecule has 1 unspecified atom stereocenters. The van der Waals surface area contributed by atoms with Gasteiger partial charge < -0.3 is 0 Å². The Balaban J connectivity index is 1.45. The van der Waals surface area contributed by atoms with Gasteiger partial charge in [-0.1, -0.05) is 72.3 Å². The fraction of sp³-hybridized carbons (Fsp3) is 0.0370. The zero-order chi connectivity index (χ0) is 24.4. The zero-order valence-corrected chi connectivity index (χ0v) is 20.3. The molecule has 1 aromatic heterocycles. The molecule has 0 radical (unpaired) electrons. The summed E-state index contributed by atoms with van der Waals surface area (Å²) in [5.41, 5.74) is 3.87. The predicted molar refractivity (Wildman–Crippen MR) is 144 cm³/mol. The molecule has 0 fully saturated rings. The van der Waals surface area contributed by atoms with E-state index in [2.05, 4.69) is 22.4 Å². The molecule has 0 spiro atoms. The molecule has 174 valence electrons. The van der Waals surface area contributed by atoms with E-state index >= 15 is 0 Å². The van der Waals surface area contributed by atoms with E-state index in [-0.39, 0.29) is 5.56 Å². The highest BCUT2D eigenvalue weighted by molar-refractivity contribution is 7.81. The van der Waals surface area contributed by atoms with E-state index in [1.54, 1.807) is 36.4 Å². The molecule has 0 saturated heterocycles. The van der Waals surface area contributed by atoms with Crippen LogP contribution in [0, 0.1) is 6.92 Å². The van der Waals surface area contributed by atoms with Gasteiger partial charge in [0.05, 0.1) is 22.6 Å². The van der Waals surface area contributed by atoms with Gasteiger partial charge in [-0.3, -0.25) is 14.7 Å². The number of anilines is 3. The van der Waals surface area contributed by atoms with Crippen molar-refractivity contribution in [3.8, 4) is 11.3 Å². The fourth-order valence-electron chi connectivity index (χ4n) is 3.90. The number of hydrogen-bond acceptors (Lipinski definition) is 4. The molecule has 0 aliphatic rings. The molecule has 5 rings (SSSR count). The number of aryl methyl sites for hydroxylation is 1. The molecule has 5 aromatic rings. The minimum atomic E-state index is -2.38. The Hall–Kier alpha value is -3.85. The summed E-state index contributed by atoms with van der Waals surface area (Å²) < 4.78 is 23.6. The summed E-state index contributed by atoms with van der Waals surface area (Å²) in [5.74, 6) is -0.415. The number of thiazole rings is 1. The lowest BCUT2D eigenvalue weighted by atomic mass is 10.0. The van der Waals surface area contributed by atoms with Crippen LogP contribution in [0.3, 0.4) is 0 Å². The maximum absolute atomic E-state index is 13.3. The maximum Gasteiger partial charge on any atom is 0.266 e. The van der Waals surface area contributed by atoms with Gasteiger partial charge in [0.25, 0.3) is 17.2 Å². The molecule has 35 heavy (non-hydrogen) atoms. The smallest absolute Gasteiger partial charge is 0.266 e. The largest absolute Gasteiger partial charge is 0.298 e. The number of nitrogens with one attached hydrogen (secondary N) is 1. The highest BCUT2D eigenvalue weighted by atomic mass is 32.2. The minimum absolute atomic E-state index is 0.261. The SMILES string of the molecule is Cc1ccc(N(c2ccccc2C(=O)Nc2nc(-c3cccc4ccccc34)cs2)S(=O)O)cc1. The molecular weight excluding hydrogens is 478 g/mol. The van der Waals surface area contributed by atoms with Crippen molar-refractivity contribution in [1.29, 1.82) is 0 Å². The van der Waals surface area contributed by atoms with Crippen LogP contribution in [0.5, 0.6) is 0 Å². The first kappa shape index (κ1) is 22.9. The van der Waals surface area contributed by atoms with Crippen molar-refractivity contribution < 1.29 is 13.6 Å². The Kier molecular flexibility index (Phi) is 6.41. The molecule has 1 atom stereocenters. The Morgan fingerprint density at radius 1 is 0.943 bits per heavy atom. The second kappa shape index (κ2) is 9.79. The van der Waals surface area contributed by atoms with Crippen LogP contribution in [0.2, 0.25) is 0 Å². The van der Waals surface area contributed by atoms with Crippen LogP contribution in [0.25, 0.3) is 22.0 Å². The molecule has 0 bridgehead atoms. The van der Waals surface area contributed by atoms with Crippen molar-refractivity contribution in [3.05, 3.63) is 108 Å². The predicted octanol–water partition coefficient (Wildman–Crippen LogP) is 6.80. The summed E-state index contributed by atoms with van der Waals surface area (Å²) in [5, 5.41) is 7.41. The molecule has 1 heterocycles. The number of carbonyl (C=O) groups excluding carboxylic acids is 1. The number of amides is 1. The van der Waals surface area contributed by atoms with Crippen LogP contribution in [-0.4, -0.2) is 19.7 Å². The van der Waals surface area contributed by atoms with Gasteiger partial charge in [-0.15, -0.1) is 11.3 Å². The molecule has 0 saturated carbocycles. The summed E-state index contributed by atoms with van der Waals surface area (Å²) in [6.45, 7) is 1.94. The first-order chi connectivity index (χ1) is 17.0. The molecule has 2 N–H and O–H groups in total. The maximum atomic E-state index is 13.3.